The van der Waals surface area contributed by atoms with Crippen LogP contribution in [0.4, 0.5) is 5.69 Å². The van der Waals surface area contributed by atoms with E-state index in [0.29, 0.717) is 28.0 Å². The maximum Gasteiger partial charge on any atom is 0.338 e. The summed E-state index contributed by atoms with van der Waals surface area (Å²) in [5.74, 6) is -1.35. The van der Waals surface area contributed by atoms with E-state index >= 15 is 0 Å². The molecule has 0 radical (unpaired) electrons. The molecule has 0 aliphatic carbocycles. The number of aromatic hydroxyl groups is 1. The molecule has 8 heteroatoms. The lowest BCUT2D eigenvalue weighted by molar-refractivity contribution is -0.153. The van der Waals surface area contributed by atoms with Gasteiger partial charge in [-0.15, -0.1) is 4.73 Å². The molecule has 2 N–H and O–H groups in total. The Balaban J connectivity index is 1.79. The number of carbonyl (C=O) groups excluding carboxylic acids is 3. The second kappa shape index (κ2) is 9.81. The van der Waals surface area contributed by atoms with Crippen LogP contribution in [0.2, 0.25) is 0 Å². The van der Waals surface area contributed by atoms with E-state index in [4.69, 9.17) is 9.57 Å². The Morgan fingerprint density at radius 3 is 2.27 bits per heavy atom. The van der Waals surface area contributed by atoms with Crippen LogP contribution in [0.3, 0.4) is 0 Å². The number of ether oxygens (including phenoxy) is 1. The van der Waals surface area contributed by atoms with Gasteiger partial charge in [0, 0.05) is 22.2 Å². The predicted octanol–water partition coefficient (Wildman–Crippen LogP) is 5.15. The molecule has 190 valence electrons. The number of aromatic nitrogens is 1. The Morgan fingerprint density at radius 1 is 0.919 bits per heavy atom. The second-order valence-corrected chi connectivity index (χ2v) is 9.69. The number of nitrogens with one attached hydrogen (secondary N) is 1. The summed E-state index contributed by atoms with van der Waals surface area (Å²) >= 11 is 0. The predicted molar refractivity (Wildman–Crippen MR) is 140 cm³/mol. The van der Waals surface area contributed by atoms with E-state index < -0.39 is 23.0 Å². The topological polar surface area (TPSA) is 107 Å². The average molecular weight is 501 g/mol. The van der Waals surface area contributed by atoms with Gasteiger partial charge in [-0.3, -0.25) is 9.59 Å². The third-order valence-electron chi connectivity index (χ3n) is 5.88. The quantitative estimate of drug-likeness (QED) is 0.355. The number of benzene rings is 3. The lowest BCUT2D eigenvalue weighted by Crippen LogP contribution is -2.31. The van der Waals surface area contributed by atoms with Crippen LogP contribution in [-0.4, -0.2) is 34.6 Å². The zero-order valence-electron chi connectivity index (χ0n) is 21.3. The van der Waals surface area contributed by atoms with Crippen LogP contribution < -0.4 is 14.9 Å². The third-order valence-corrected chi connectivity index (χ3v) is 5.88. The van der Waals surface area contributed by atoms with Gasteiger partial charge in [-0.05, 0) is 63.6 Å². The second-order valence-electron chi connectivity index (χ2n) is 9.69. The summed E-state index contributed by atoms with van der Waals surface area (Å²) in [5, 5.41) is 14.2. The Labute approximate surface area is 214 Å². The molecule has 0 bridgehead atoms. The average Bonchev–Trinajstić information content (AvgIpc) is 3.14. The molecule has 0 saturated carbocycles. The number of anilines is 1. The first kappa shape index (κ1) is 25.5. The molecule has 37 heavy (non-hydrogen) atoms. The lowest BCUT2D eigenvalue weighted by atomic mass is 9.98. The Hall–Kier alpha value is -4.59. The highest BCUT2D eigenvalue weighted by Crippen LogP contribution is 2.35. The number of amides is 1. The fourth-order valence-electron chi connectivity index (χ4n) is 3.76. The van der Waals surface area contributed by atoms with Crippen molar-refractivity contribution in [2.45, 2.75) is 27.7 Å². The summed E-state index contributed by atoms with van der Waals surface area (Å²) in [6.45, 7) is 6.91. The number of ketones is 1. The largest absolute Gasteiger partial charge is 0.496 e. The molecule has 1 aromatic heterocycles. The first-order chi connectivity index (χ1) is 17.5. The van der Waals surface area contributed by atoms with Crippen molar-refractivity contribution in [2.75, 3.05) is 12.4 Å². The number of rotatable bonds is 6. The SMILES string of the molecule is COc1cc(C(=O)Nc2ccc3c(C(=O)c4ccccc4)c(O)n(OC(=O)C(C)(C)C)c3c2)ccc1C. The Bertz CT molecular complexity index is 1510. The highest BCUT2D eigenvalue weighted by molar-refractivity contribution is 6.19. The van der Waals surface area contributed by atoms with Gasteiger partial charge in [0.05, 0.1) is 23.6 Å². The zero-order valence-corrected chi connectivity index (χ0v) is 21.3. The molecule has 0 aliphatic rings. The van der Waals surface area contributed by atoms with E-state index in [9.17, 15) is 19.5 Å². The molecule has 4 aromatic rings. The minimum absolute atomic E-state index is 0.0101. The normalized spacial score (nSPS) is 11.3. The fourth-order valence-corrected chi connectivity index (χ4v) is 3.76. The molecule has 8 nitrogen and oxygen atoms in total. The minimum atomic E-state index is -0.872. The van der Waals surface area contributed by atoms with Gasteiger partial charge >= 0.3 is 5.97 Å². The minimum Gasteiger partial charge on any atom is -0.496 e. The molecule has 4 rings (SSSR count). The summed E-state index contributed by atoms with van der Waals surface area (Å²) in [6.07, 6.45) is 0. The number of fused-ring (bicyclic) bond motifs is 1. The summed E-state index contributed by atoms with van der Waals surface area (Å²) in [7, 11) is 1.53. The molecule has 0 saturated heterocycles. The smallest absolute Gasteiger partial charge is 0.338 e. The van der Waals surface area contributed by atoms with Crippen molar-refractivity contribution in [3.63, 3.8) is 0 Å². The Morgan fingerprint density at radius 2 is 1.62 bits per heavy atom. The van der Waals surface area contributed by atoms with E-state index in [-0.39, 0.29) is 17.0 Å². The summed E-state index contributed by atoms with van der Waals surface area (Å²) < 4.78 is 6.24. The van der Waals surface area contributed by atoms with Crippen molar-refractivity contribution in [3.8, 4) is 11.6 Å². The van der Waals surface area contributed by atoms with Crippen molar-refractivity contribution < 1.29 is 29.1 Å². The zero-order chi connectivity index (χ0) is 26.9. The third kappa shape index (κ3) is 5.04. The van der Waals surface area contributed by atoms with Gasteiger partial charge in [0.15, 0.2) is 5.78 Å². The number of carbonyl (C=O) groups is 3. The van der Waals surface area contributed by atoms with Crippen LogP contribution >= 0.6 is 0 Å². The first-order valence-corrected chi connectivity index (χ1v) is 11.7. The standard InChI is InChI=1S/C29H28N2O6/c1-17-11-12-19(15-23(17)36-5)26(33)30-20-13-14-21-22(16-20)31(37-28(35)29(2,3)4)27(34)24(21)25(32)18-9-7-6-8-10-18/h6-16,34H,1-5H3,(H,30,33). The molecule has 0 unspecified atom stereocenters. The molecule has 0 aliphatic heterocycles. The Kier molecular flexibility index (Phi) is 6.76. The molecule has 0 atom stereocenters. The van der Waals surface area contributed by atoms with Crippen LogP contribution in [-0.2, 0) is 4.79 Å². The van der Waals surface area contributed by atoms with Crippen molar-refractivity contribution in [1.82, 2.24) is 4.73 Å². The van der Waals surface area contributed by atoms with Gasteiger partial charge in [0.25, 0.3) is 5.91 Å². The molecular formula is C29H28N2O6. The molecular weight excluding hydrogens is 472 g/mol. The lowest BCUT2D eigenvalue weighted by Gasteiger charge is -2.17. The van der Waals surface area contributed by atoms with Gasteiger partial charge in [-0.1, -0.05) is 36.4 Å². The number of methoxy groups -OCH3 is 1. The number of hydrogen-bond donors (Lipinski definition) is 2. The van der Waals surface area contributed by atoms with E-state index in [1.807, 2.05) is 6.92 Å². The van der Waals surface area contributed by atoms with Crippen molar-refractivity contribution >= 4 is 34.3 Å². The van der Waals surface area contributed by atoms with Crippen LogP contribution in [0.15, 0.2) is 66.7 Å². The van der Waals surface area contributed by atoms with Crippen molar-refractivity contribution in [3.05, 3.63) is 89.0 Å². The molecule has 0 spiro atoms. The van der Waals surface area contributed by atoms with E-state index in [1.165, 1.54) is 13.2 Å². The number of nitrogens with zero attached hydrogens (tertiary/aromatic N) is 1. The number of hydrogen-bond acceptors (Lipinski definition) is 6. The van der Waals surface area contributed by atoms with Gasteiger partial charge in [0.1, 0.15) is 5.75 Å². The van der Waals surface area contributed by atoms with E-state index in [0.717, 1.165) is 10.3 Å². The molecule has 3 aromatic carbocycles. The van der Waals surface area contributed by atoms with Gasteiger partial charge in [0.2, 0.25) is 5.88 Å². The van der Waals surface area contributed by atoms with E-state index in [2.05, 4.69) is 5.32 Å². The molecule has 1 heterocycles. The van der Waals surface area contributed by atoms with E-state index in [1.54, 1.807) is 81.4 Å². The number of aryl methyl sites for hydroxylation is 1. The van der Waals surface area contributed by atoms with Gasteiger partial charge < -0.3 is 20.0 Å². The van der Waals surface area contributed by atoms with Crippen LogP contribution in [0.1, 0.15) is 52.6 Å². The summed E-state index contributed by atoms with van der Waals surface area (Å²) in [4.78, 5) is 44.5. The monoisotopic (exact) mass is 500 g/mol. The first-order valence-electron chi connectivity index (χ1n) is 11.7. The fraction of sp³-hybridized carbons (Fsp3) is 0.207. The van der Waals surface area contributed by atoms with Crippen molar-refractivity contribution in [1.29, 1.82) is 0 Å². The van der Waals surface area contributed by atoms with Crippen molar-refractivity contribution in [2.24, 2.45) is 5.41 Å². The summed E-state index contributed by atoms with van der Waals surface area (Å²) in [6, 6.07) is 18.3. The van der Waals surface area contributed by atoms with Crippen LogP contribution in [0.25, 0.3) is 10.9 Å². The van der Waals surface area contributed by atoms with Gasteiger partial charge in [-0.2, -0.15) is 0 Å². The highest BCUT2D eigenvalue weighted by Gasteiger charge is 2.30. The van der Waals surface area contributed by atoms with Crippen LogP contribution in [0, 0.1) is 12.3 Å². The summed E-state index contributed by atoms with van der Waals surface area (Å²) in [5.41, 5.74) is 1.39. The maximum atomic E-state index is 13.3. The van der Waals surface area contributed by atoms with Crippen LogP contribution in [0.5, 0.6) is 11.6 Å². The van der Waals surface area contributed by atoms with Gasteiger partial charge in [-0.25, -0.2) is 4.79 Å². The molecule has 1 amide bonds. The molecule has 0 fully saturated rings. The highest BCUT2D eigenvalue weighted by atomic mass is 16.7. The maximum absolute atomic E-state index is 13.3.